The monoisotopic (exact) mass is 328 g/mol. The van der Waals surface area contributed by atoms with E-state index in [2.05, 4.69) is 25.3 Å². The Morgan fingerprint density at radius 3 is 2.96 bits per heavy atom. The molecule has 1 unspecified atom stereocenters. The van der Waals surface area contributed by atoms with Crippen LogP contribution in [0.3, 0.4) is 0 Å². The van der Waals surface area contributed by atoms with E-state index in [4.69, 9.17) is 4.74 Å². The number of likely N-dealkylation sites (tertiary alicyclic amines) is 1. The Labute approximate surface area is 140 Å². The van der Waals surface area contributed by atoms with E-state index in [1.807, 2.05) is 4.90 Å². The molecule has 3 heterocycles. The lowest BCUT2D eigenvalue weighted by Gasteiger charge is -2.32. The molecule has 1 atom stereocenters. The summed E-state index contributed by atoms with van der Waals surface area (Å²) in [6.07, 6.45) is 10.2. The van der Waals surface area contributed by atoms with E-state index in [9.17, 15) is 4.79 Å². The molecular weight excluding hydrogens is 308 g/mol. The van der Waals surface area contributed by atoms with Crippen LogP contribution in [0.1, 0.15) is 24.5 Å². The molecule has 2 aromatic rings. The first-order chi connectivity index (χ1) is 11.8. The van der Waals surface area contributed by atoms with Gasteiger partial charge in [0.25, 0.3) is 0 Å². The third kappa shape index (κ3) is 4.02. The number of carbonyl (C=O) groups excluding carboxylic acids is 1. The summed E-state index contributed by atoms with van der Waals surface area (Å²) in [5, 5.41) is 3.09. The molecule has 0 spiro atoms. The van der Waals surface area contributed by atoms with Crippen LogP contribution in [0.2, 0.25) is 0 Å². The molecule has 0 bridgehead atoms. The zero-order valence-corrected chi connectivity index (χ0v) is 13.6. The molecule has 0 radical (unpaired) electrons. The van der Waals surface area contributed by atoms with Crippen molar-refractivity contribution >= 4 is 17.5 Å². The number of nitrogens with one attached hydrogen (secondary N) is 1. The minimum absolute atomic E-state index is 0.0176. The summed E-state index contributed by atoms with van der Waals surface area (Å²) in [7, 11) is 1.53. The minimum atomic E-state index is 0.0176. The standard InChI is InChI=1S/C16H20N6O2/c1-24-11-16(23)22-6-2-3-12(10-22)13-7-18-9-15(20-13)21-14-8-17-4-5-19-14/h4-5,7-9,12H,2-3,6,10-11H2,1H3,(H,19,20,21). The summed E-state index contributed by atoms with van der Waals surface area (Å²) in [5.74, 6) is 1.43. The molecule has 1 fully saturated rings. The first-order valence-corrected chi connectivity index (χ1v) is 7.88. The normalized spacial score (nSPS) is 17.5. The van der Waals surface area contributed by atoms with Crippen LogP contribution in [0.5, 0.6) is 0 Å². The smallest absolute Gasteiger partial charge is 0.248 e. The van der Waals surface area contributed by atoms with Crippen molar-refractivity contribution in [2.24, 2.45) is 0 Å². The third-order valence-corrected chi connectivity index (χ3v) is 3.93. The summed E-state index contributed by atoms with van der Waals surface area (Å²) in [4.78, 5) is 30.9. The molecule has 0 aliphatic carbocycles. The summed E-state index contributed by atoms with van der Waals surface area (Å²) in [6, 6.07) is 0. The molecule has 0 aromatic carbocycles. The SMILES string of the molecule is COCC(=O)N1CCCC(c2cncc(Nc3cnccn3)n2)C1. The summed E-state index contributed by atoms with van der Waals surface area (Å²) >= 11 is 0. The van der Waals surface area contributed by atoms with E-state index in [0.717, 1.165) is 25.1 Å². The average molecular weight is 328 g/mol. The zero-order valence-electron chi connectivity index (χ0n) is 13.6. The van der Waals surface area contributed by atoms with Crippen LogP contribution in [-0.2, 0) is 9.53 Å². The van der Waals surface area contributed by atoms with Crippen molar-refractivity contribution in [1.29, 1.82) is 0 Å². The van der Waals surface area contributed by atoms with Crippen molar-refractivity contribution in [2.45, 2.75) is 18.8 Å². The van der Waals surface area contributed by atoms with Gasteiger partial charge < -0.3 is 15.0 Å². The number of anilines is 2. The molecule has 1 saturated heterocycles. The van der Waals surface area contributed by atoms with Crippen molar-refractivity contribution in [3.05, 3.63) is 36.7 Å². The maximum absolute atomic E-state index is 12.0. The Balaban J connectivity index is 1.70. The minimum Gasteiger partial charge on any atom is -0.375 e. The fourth-order valence-electron chi connectivity index (χ4n) is 2.79. The van der Waals surface area contributed by atoms with Gasteiger partial charge in [0.15, 0.2) is 0 Å². The highest BCUT2D eigenvalue weighted by molar-refractivity contribution is 5.77. The van der Waals surface area contributed by atoms with E-state index in [0.29, 0.717) is 18.2 Å². The highest BCUT2D eigenvalue weighted by Gasteiger charge is 2.25. The highest BCUT2D eigenvalue weighted by Crippen LogP contribution is 2.26. The molecule has 1 aliphatic heterocycles. The number of amides is 1. The number of piperidine rings is 1. The lowest BCUT2D eigenvalue weighted by atomic mass is 9.95. The lowest BCUT2D eigenvalue weighted by Crippen LogP contribution is -2.41. The van der Waals surface area contributed by atoms with Gasteiger partial charge in [-0.05, 0) is 12.8 Å². The van der Waals surface area contributed by atoms with Gasteiger partial charge in [-0.1, -0.05) is 0 Å². The van der Waals surface area contributed by atoms with E-state index in [1.165, 1.54) is 7.11 Å². The topological polar surface area (TPSA) is 93.1 Å². The lowest BCUT2D eigenvalue weighted by molar-refractivity contribution is -0.136. The molecule has 126 valence electrons. The van der Waals surface area contributed by atoms with Gasteiger partial charge in [-0.15, -0.1) is 0 Å². The van der Waals surface area contributed by atoms with Crippen LogP contribution in [0.25, 0.3) is 0 Å². The Hall–Kier alpha value is -2.61. The van der Waals surface area contributed by atoms with Gasteiger partial charge >= 0.3 is 0 Å². The molecule has 3 rings (SSSR count). The number of methoxy groups -OCH3 is 1. The van der Waals surface area contributed by atoms with Gasteiger partial charge in [0, 0.05) is 44.7 Å². The molecule has 8 heteroatoms. The fraction of sp³-hybridized carbons (Fsp3) is 0.438. The molecule has 1 amide bonds. The molecular formula is C16H20N6O2. The predicted molar refractivity (Wildman–Crippen MR) is 87.8 cm³/mol. The largest absolute Gasteiger partial charge is 0.375 e. The van der Waals surface area contributed by atoms with Gasteiger partial charge in [-0.25, -0.2) is 9.97 Å². The Kier molecular flexibility index (Phi) is 5.27. The molecule has 8 nitrogen and oxygen atoms in total. The number of aromatic nitrogens is 4. The maximum atomic E-state index is 12.0. The number of rotatable bonds is 5. The summed E-state index contributed by atoms with van der Waals surface area (Å²) < 4.78 is 4.94. The van der Waals surface area contributed by atoms with E-state index in [1.54, 1.807) is 31.0 Å². The van der Waals surface area contributed by atoms with Crippen LogP contribution in [0, 0.1) is 0 Å². The van der Waals surface area contributed by atoms with Crippen LogP contribution in [-0.4, -0.2) is 57.5 Å². The van der Waals surface area contributed by atoms with Crippen LogP contribution < -0.4 is 5.32 Å². The van der Waals surface area contributed by atoms with Crippen LogP contribution >= 0.6 is 0 Å². The average Bonchev–Trinajstić information content (AvgIpc) is 2.63. The Morgan fingerprint density at radius 2 is 2.17 bits per heavy atom. The Morgan fingerprint density at radius 1 is 1.29 bits per heavy atom. The molecule has 1 N–H and O–H groups in total. The van der Waals surface area contributed by atoms with Crippen molar-refractivity contribution < 1.29 is 9.53 Å². The van der Waals surface area contributed by atoms with Crippen molar-refractivity contribution in [3.63, 3.8) is 0 Å². The Bertz CT molecular complexity index is 681. The van der Waals surface area contributed by atoms with Gasteiger partial charge in [0.2, 0.25) is 5.91 Å². The van der Waals surface area contributed by atoms with Crippen molar-refractivity contribution in [2.75, 3.05) is 32.1 Å². The first kappa shape index (κ1) is 16.3. The van der Waals surface area contributed by atoms with Crippen molar-refractivity contribution in [3.8, 4) is 0 Å². The number of hydrogen-bond donors (Lipinski definition) is 1. The number of nitrogens with zero attached hydrogens (tertiary/aromatic N) is 5. The zero-order chi connectivity index (χ0) is 16.8. The molecule has 24 heavy (non-hydrogen) atoms. The second kappa shape index (κ2) is 7.78. The van der Waals surface area contributed by atoms with Gasteiger partial charge in [-0.3, -0.25) is 14.8 Å². The van der Waals surface area contributed by atoms with E-state index >= 15 is 0 Å². The van der Waals surface area contributed by atoms with Gasteiger partial charge in [-0.2, -0.15) is 0 Å². The molecule has 0 saturated carbocycles. The number of hydrogen-bond acceptors (Lipinski definition) is 7. The predicted octanol–water partition coefficient (Wildman–Crippen LogP) is 1.36. The molecule has 2 aromatic heterocycles. The van der Waals surface area contributed by atoms with Gasteiger partial charge in [0.05, 0.1) is 18.1 Å². The quantitative estimate of drug-likeness (QED) is 0.885. The summed E-state index contributed by atoms with van der Waals surface area (Å²) in [5.41, 5.74) is 0.874. The second-order valence-corrected chi connectivity index (χ2v) is 5.66. The third-order valence-electron chi connectivity index (χ3n) is 3.93. The summed E-state index contributed by atoms with van der Waals surface area (Å²) in [6.45, 7) is 1.53. The van der Waals surface area contributed by atoms with Crippen molar-refractivity contribution in [1.82, 2.24) is 24.8 Å². The van der Waals surface area contributed by atoms with E-state index in [-0.39, 0.29) is 18.4 Å². The maximum Gasteiger partial charge on any atom is 0.248 e. The number of ether oxygens (including phenoxy) is 1. The number of carbonyl (C=O) groups is 1. The van der Waals surface area contributed by atoms with E-state index < -0.39 is 0 Å². The second-order valence-electron chi connectivity index (χ2n) is 5.66. The molecule has 1 aliphatic rings. The van der Waals surface area contributed by atoms with Gasteiger partial charge in [0.1, 0.15) is 18.2 Å². The van der Waals surface area contributed by atoms with Crippen LogP contribution in [0.15, 0.2) is 31.0 Å². The van der Waals surface area contributed by atoms with Crippen LogP contribution in [0.4, 0.5) is 11.6 Å². The fourth-order valence-corrected chi connectivity index (χ4v) is 2.79. The highest BCUT2D eigenvalue weighted by atomic mass is 16.5. The first-order valence-electron chi connectivity index (χ1n) is 7.88.